The average molecular weight is 359 g/mol. The third-order valence-corrected chi connectivity index (χ3v) is 5.14. The predicted molar refractivity (Wildman–Crippen MR) is 80.8 cm³/mol. The molecule has 0 saturated heterocycles. The zero-order valence-corrected chi connectivity index (χ0v) is 13.5. The molecule has 1 heterocycles. The Labute approximate surface area is 126 Å². The monoisotopic (exact) mass is 358 g/mol. The number of anilines is 1. The van der Waals surface area contributed by atoms with Gasteiger partial charge in [-0.2, -0.15) is 5.10 Å². The van der Waals surface area contributed by atoms with Gasteiger partial charge in [-0.3, -0.25) is 9.40 Å². The molecule has 1 aromatic heterocycles. The Bertz CT molecular complexity index is 740. The summed E-state index contributed by atoms with van der Waals surface area (Å²) >= 11 is 3.25. The van der Waals surface area contributed by atoms with Gasteiger partial charge < -0.3 is 5.73 Å². The number of nitrogens with two attached hydrogens (primary N) is 1. The van der Waals surface area contributed by atoms with Crippen LogP contribution in [0.2, 0.25) is 0 Å². The first kappa shape index (κ1) is 15.0. The van der Waals surface area contributed by atoms with Crippen molar-refractivity contribution in [2.75, 3.05) is 4.72 Å². The lowest BCUT2D eigenvalue weighted by Gasteiger charge is -2.10. The molecule has 0 atom stereocenters. The molecular formula is C12H15BrN4O2S. The summed E-state index contributed by atoms with van der Waals surface area (Å²) in [6, 6.07) is 5.00. The second-order valence-corrected chi connectivity index (χ2v) is 6.88. The van der Waals surface area contributed by atoms with Gasteiger partial charge in [0.1, 0.15) is 4.90 Å². The van der Waals surface area contributed by atoms with Gasteiger partial charge in [0, 0.05) is 24.3 Å². The lowest BCUT2D eigenvalue weighted by molar-refractivity contribution is 0.600. The number of halogens is 1. The lowest BCUT2D eigenvalue weighted by atomic mass is 10.2. The Morgan fingerprint density at radius 3 is 2.70 bits per heavy atom. The van der Waals surface area contributed by atoms with Crippen LogP contribution in [-0.2, 0) is 23.6 Å². The molecule has 0 aliphatic rings. The second-order valence-electron chi connectivity index (χ2n) is 4.38. The largest absolute Gasteiger partial charge is 0.326 e. The molecule has 3 N–H and O–H groups in total. The van der Waals surface area contributed by atoms with Crippen LogP contribution in [0.25, 0.3) is 0 Å². The van der Waals surface area contributed by atoms with E-state index in [0.29, 0.717) is 15.9 Å². The van der Waals surface area contributed by atoms with Crippen molar-refractivity contribution in [3.05, 3.63) is 40.1 Å². The van der Waals surface area contributed by atoms with Crippen LogP contribution < -0.4 is 10.5 Å². The Balaban J connectivity index is 2.43. The fraction of sp³-hybridized carbons (Fsp3) is 0.250. The minimum atomic E-state index is -3.69. The Kier molecular flexibility index (Phi) is 4.17. The van der Waals surface area contributed by atoms with E-state index < -0.39 is 10.0 Å². The van der Waals surface area contributed by atoms with Gasteiger partial charge in [-0.25, -0.2) is 8.42 Å². The van der Waals surface area contributed by atoms with Gasteiger partial charge in [-0.15, -0.1) is 0 Å². The van der Waals surface area contributed by atoms with Crippen LogP contribution in [0.5, 0.6) is 0 Å². The van der Waals surface area contributed by atoms with Crippen LogP contribution in [0.3, 0.4) is 0 Å². The van der Waals surface area contributed by atoms with E-state index in [2.05, 4.69) is 25.8 Å². The van der Waals surface area contributed by atoms with Gasteiger partial charge >= 0.3 is 0 Å². The number of rotatable bonds is 4. The van der Waals surface area contributed by atoms with Crippen LogP contribution in [0, 0.1) is 6.92 Å². The summed E-state index contributed by atoms with van der Waals surface area (Å²) in [5.74, 6) is 0. The van der Waals surface area contributed by atoms with Crippen molar-refractivity contribution in [3.8, 4) is 0 Å². The standard InChI is InChI=1S/C12H15BrN4O2S/c1-8-11(7-17(2)15-8)16-20(18,19)12-5-9(6-14)3-4-10(12)13/h3-5,7,16H,6,14H2,1-2H3. The van der Waals surface area contributed by atoms with Crippen molar-refractivity contribution in [2.45, 2.75) is 18.4 Å². The van der Waals surface area contributed by atoms with E-state index in [0.717, 1.165) is 5.56 Å². The number of nitrogens with one attached hydrogen (secondary N) is 1. The molecule has 0 aliphatic carbocycles. The summed E-state index contributed by atoms with van der Waals surface area (Å²) in [6.07, 6.45) is 1.62. The molecule has 0 fully saturated rings. The second kappa shape index (κ2) is 5.55. The smallest absolute Gasteiger partial charge is 0.263 e. The highest BCUT2D eigenvalue weighted by atomic mass is 79.9. The Hall–Kier alpha value is -1.38. The molecule has 8 heteroatoms. The maximum absolute atomic E-state index is 12.4. The minimum absolute atomic E-state index is 0.156. The zero-order valence-electron chi connectivity index (χ0n) is 11.1. The molecule has 0 radical (unpaired) electrons. The van der Waals surface area contributed by atoms with Crippen molar-refractivity contribution >= 4 is 31.6 Å². The molecule has 2 aromatic rings. The van der Waals surface area contributed by atoms with Gasteiger partial charge in [0.15, 0.2) is 0 Å². The van der Waals surface area contributed by atoms with Gasteiger partial charge in [0.25, 0.3) is 10.0 Å². The fourth-order valence-electron chi connectivity index (χ4n) is 1.78. The highest BCUT2D eigenvalue weighted by Gasteiger charge is 2.20. The maximum Gasteiger partial charge on any atom is 0.263 e. The predicted octanol–water partition coefficient (Wildman–Crippen LogP) is 1.75. The van der Waals surface area contributed by atoms with E-state index >= 15 is 0 Å². The number of nitrogens with zero attached hydrogens (tertiary/aromatic N) is 2. The van der Waals surface area contributed by atoms with Gasteiger partial charge in [-0.1, -0.05) is 6.07 Å². The molecule has 0 amide bonds. The quantitative estimate of drug-likeness (QED) is 0.870. The summed E-state index contributed by atoms with van der Waals surface area (Å²) in [5, 5.41) is 4.10. The van der Waals surface area contributed by atoms with Crippen LogP contribution in [0.1, 0.15) is 11.3 Å². The van der Waals surface area contributed by atoms with Crippen molar-refractivity contribution in [1.29, 1.82) is 0 Å². The molecule has 0 unspecified atom stereocenters. The highest BCUT2D eigenvalue weighted by Crippen LogP contribution is 2.26. The summed E-state index contributed by atoms with van der Waals surface area (Å²) in [7, 11) is -1.96. The minimum Gasteiger partial charge on any atom is -0.326 e. The highest BCUT2D eigenvalue weighted by molar-refractivity contribution is 9.10. The van der Waals surface area contributed by atoms with Crippen molar-refractivity contribution < 1.29 is 8.42 Å². The number of hydrogen-bond donors (Lipinski definition) is 2. The molecule has 20 heavy (non-hydrogen) atoms. The number of aryl methyl sites for hydroxylation is 2. The molecular weight excluding hydrogens is 344 g/mol. The van der Waals surface area contributed by atoms with E-state index in [-0.39, 0.29) is 11.4 Å². The molecule has 1 aromatic carbocycles. The number of hydrogen-bond acceptors (Lipinski definition) is 4. The lowest BCUT2D eigenvalue weighted by Crippen LogP contribution is -2.14. The molecule has 108 valence electrons. The normalized spacial score (nSPS) is 11.6. The topological polar surface area (TPSA) is 90.0 Å². The molecule has 2 rings (SSSR count). The van der Waals surface area contributed by atoms with Crippen LogP contribution in [-0.4, -0.2) is 18.2 Å². The van der Waals surface area contributed by atoms with Crippen LogP contribution in [0.15, 0.2) is 33.8 Å². The Morgan fingerprint density at radius 1 is 1.45 bits per heavy atom. The van der Waals surface area contributed by atoms with Gasteiger partial charge in [0.2, 0.25) is 0 Å². The van der Waals surface area contributed by atoms with Gasteiger partial charge in [-0.05, 0) is 40.5 Å². The van der Waals surface area contributed by atoms with E-state index in [1.165, 1.54) is 0 Å². The number of sulfonamides is 1. The van der Waals surface area contributed by atoms with Crippen LogP contribution >= 0.6 is 15.9 Å². The summed E-state index contributed by atoms with van der Waals surface area (Å²) in [6.45, 7) is 2.02. The fourth-order valence-corrected chi connectivity index (χ4v) is 3.90. The zero-order chi connectivity index (χ0) is 14.9. The van der Waals surface area contributed by atoms with E-state index in [9.17, 15) is 8.42 Å². The van der Waals surface area contributed by atoms with E-state index in [4.69, 9.17) is 5.73 Å². The van der Waals surface area contributed by atoms with Gasteiger partial charge in [0.05, 0.1) is 11.4 Å². The molecule has 0 aliphatic heterocycles. The van der Waals surface area contributed by atoms with E-state index in [1.807, 2.05) is 0 Å². The van der Waals surface area contributed by atoms with Crippen molar-refractivity contribution in [1.82, 2.24) is 9.78 Å². The first-order valence-electron chi connectivity index (χ1n) is 5.85. The molecule has 0 spiro atoms. The first-order valence-corrected chi connectivity index (χ1v) is 8.12. The molecule has 0 bridgehead atoms. The van der Waals surface area contributed by atoms with Crippen LogP contribution in [0.4, 0.5) is 5.69 Å². The molecule has 6 nitrogen and oxygen atoms in total. The summed E-state index contributed by atoms with van der Waals surface area (Å²) in [4.78, 5) is 0.156. The summed E-state index contributed by atoms with van der Waals surface area (Å²) < 4.78 is 29.4. The first-order chi connectivity index (χ1) is 9.33. The summed E-state index contributed by atoms with van der Waals surface area (Å²) in [5.41, 5.74) is 7.36. The van der Waals surface area contributed by atoms with Crippen molar-refractivity contribution in [2.24, 2.45) is 12.8 Å². The Morgan fingerprint density at radius 2 is 2.15 bits per heavy atom. The average Bonchev–Trinajstić information content (AvgIpc) is 2.67. The molecule has 0 saturated carbocycles. The SMILES string of the molecule is Cc1nn(C)cc1NS(=O)(=O)c1cc(CN)ccc1Br. The number of aromatic nitrogens is 2. The third-order valence-electron chi connectivity index (χ3n) is 2.78. The number of benzene rings is 1. The maximum atomic E-state index is 12.4. The third kappa shape index (κ3) is 3.02. The van der Waals surface area contributed by atoms with E-state index in [1.54, 1.807) is 43.0 Å². The van der Waals surface area contributed by atoms with Crippen molar-refractivity contribution in [3.63, 3.8) is 0 Å².